The monoisotopic (exact) mass is 306 g/mol. The highest BCUT2D eigenvalue weighted by Crippen LogP contribution is 2.26. The van der Waals surface area contributed by atoms with Gasteiger partial charge in [-0.15, -0.1) is 17.8 Å². The Labute approximate surface area is 130 Å². The van der Waals surface area contributed by atoms with Gasteiger partial charge in [-0.05, 0) is 44.6 Å². The molecule has 0 aromatic carbocycles. The van der Waals surface area contributed by atoms with Crippen molar-refractivity contribution in [2.45, 2.75) is 44.8 Å². The summed E-state index contributed by atoms with van der Waals surface area (Å²) in [5, 5.41) is 19.3. The molecule has 1 aromatic heterocycles. The third kappa shape index (κ3) is 4.57. The van der Waals surface area contributed by atoms with Crippen molar-refractivity contribution in [2.75, 3.05) is 13.2 Å². The fraction of sp³-hybridized carbons (Fsp3) is 0.562. The molecule has 0 fully saturated rings. The summed E-state index contributed by atoms with van der Waals surface area (Å²) in [4.78, 5) is 6.69. The molecule has 0 spiro atoms. The van der Waals surface area contributed by atoms with Crippen molar-refractivity contribution in [2.24, 2.45) is 5.16 Å². The fourth-order valence-corrected chi connectivity index (χ4v) is 3.06. The number of nitrogens with zero attached hydrogens (tertiary/aromatic N) is 1. The molecule has 1 aliphatic carbocycles. The van der Waals surface area contributed by atoms with Crippen LogP contribution in [0, 0.1) is 12.3 Å². The van der Waals surface area contributed by atoms with Crippen LogP contribution in [0.1, 0.15) is 37.1 Å². The summed E-state index contributed by atoms with van der Waals surface area (Å²) in [5.41, 5.74) is 1.76. The molecule has 0 amide bonds. The molecule has 1 atom stereocenters. The number of fused-ring (bicyclic) bond motifs is 1. The lowest BCUT2D eigenvalue weighted by atomic mass is 9.97. The van der Waals surface area contributed by atoms with Crippen LogP contribution in [0.15, 0.2) is 16.6 Å². The average Bonchev–Trinajstić information content (AvgIpc) is 2.95. The van der Waals surface area contributed by atoms with Gasteiger partial charge in [0, 0.05) is 17.0 Å². The van der Waals surface area contributed by atoms with E-state index in [1.807, 2.05) is 13.8 Å². The van der Waals surface area contributed by atoms with E-state index >= 15 is 0 Å². The van der Waals surface area contributed by atoms with Gasteiger partial charge in [0.25, 0.3) is 0 Å². The van der Waals surface area contributed by atoms with Crippen molar-refractivity contribution in [1.82, 2.24) is 5.32 Å². The van der Waals surface area contributed by atoms with Crippen LogP contribution >= 0.6 is 11.3 Å². The highest BCUT2D eigenvalue weighted by molar-refractivity contribution is 7.10. The highest BCUT2D eigenvalue weighted by Gasteiger charge is 2.18. The SMILES string of the molecule is C#CC(C)(C)NCC(O)CO/N=C1\CCCc2sccc21. The van der Waals surface area contributed by atoms with Gasteiger partial charge >= 0.3 is 0 Å². The lowest BCUT2D eigenvalue weighted by Crippen LogP contribution is -2.43. The minimum atomic E-state index is -0.632. The third-order valence-electron chi connectivity index (χ3n) is 3.46. The maximum atomic E-state index is 9.87. The molecule has 114 valence electrons. The van der Waals surface area contributed by atoms with E-state index in [9.17, 15) is 5.11 Å². The molecular formula is C16H22N2O2S. The van der Waals surface area contributed by atoms with E-state index in [4.69, 9.17) is 11.3 Å². The van der Waals surface area contributed by atoms with E-state index in [1.165, 1.54) is 10.4 Å². The van der Waals surface area contributed by atoms with Gasteiger partial charge in [-0.25, -0.2) is 0 Å². The molecule has 1 heterocycles. The van der Waals surface area contributed by atoms with Crippen LogP contribution in [-0.2, 0) is 11.3 Å². The van der Waals surface area contributed by atoms with Crippen LogP contribution in [0.4, 0.5) is 0 Å². The number of hydrogen-bond acceptors (Lipinski definition) is 5. The predicted octanol–water partition coefficient (Wildman–Crippen LogP) is 2.17. The van der Waals surface area contributed by atoms with Crippen molar-refractivity contribution >= 4 is 17.0 Å². The second kappa shape index (κ2) is 7.08. The van der Waals surface area contributed by atoms with Crippen molar-refractivity contribution in [3.63, 3.8) is 0 Å². The Bertz CT molecular complexity index is 543. The lowest BCUT2D eigenvalue weighted by molar-refractivity contribution is 0.0380. The summed E-state index contributed by atoms with van der Waals surface area (Å²) < 4.78 is 0. The number of β-amino-alcohol motifs (C(OH)–C–C–N with tert-alkyl or cyclic N) is 1. The minimum absolute atomic E-state index is 0.163. The number of terminal acetylenes is 1. The number of rotatable bonds is 6. The average molecular weight is 306 g/mol. The van der Waals surface area contributed by atoms with E-state index in [1.54, 1.807) is 11.3 Å². The number of nitrogens with one attached hydrogen (secondary N) is 1. The second-order valence-electron chi connectivity index (χ2n) is 5.75. The maximum Gasteiger partial charge on any atom is 0.144 e. The predicted molar refractivity (Wildman–Crippen MR) is 86.7 cm³/mol. The normalized spacial score (nSPS) is 18.1. The van der Waals surface area contributed by atoms with E-state index < -0.39 is 11.6 Å². The van der Waals surface area contributed by atoms with Gasteiger partial charge in [-0.3, -0.25) is 5.32 Å². The van der Waals surface area contributed by atoms with Gasteiger partial charge in [0.15, 0.2) is 0 Å². The molecule has 1 unspecified atom stereocenters. The van der Waals surface area contributed by atoms with E-state index in [-0.39, 0.29) is 6.61 Å². The van der Waals surface area contributed by atoms with Gasteiger partial charge < -0.3 is 9.94 Å². The summed E-state index contributed by atoms with van der Waals surface area (Å²) >= 11 is 1.77. The zero-order chi connectivity index (χ0) is 15.3. The molecule has 2 rings (SSSR count). The number of oxime groups is 1. The van der Waals surface area contributed by atoms with E-state index in [0.717, 1.165) is 25.0 Å². The van der Waals surface area contributed by atoms with Gasteiger partial charge in [0.1, 0.15) is 12.7 Å². The Morgan fingerprint density at radius 1 is 1.57 bits per heavy atom. The summed E-state index contributed by atoms with van der Waals surface area (Å²) in [5.74, 6) is 2.62. The Balaban J connectivity index is 1.80. The van der Waals surface area contributed by atoms with Crippen LogP contribution in [0.2, 0.25) is 0 Å². The number of aliphatic hydroxyl groups is 1. The lowest BCUT2D eigenvalue weighted by Gasteiger charge is -2.21. The quantitative estimate of drug-likeness (QED) is 0.625. The number of hydrogen-bond donors (Lipinski definition) is 2. The third-order valence-corrected chi connectivity index (χ3v) is 4.44. The topological polar surface area (TPSA) is 53.8 Å². The van der Waals surface area contributed by atoms with Crippen LogP contribution in [-0.4, -0.2) is 35.6 Å². The van der Waals surface area contributed by atoms with Crippen molar-refractivity contribution in [3.8, 4) is 12.3 Å². The van der Waals surface area contributed by atoms with Crippen molar-refractivity contribution in [1.29, 1.82) is 0 Å². The first-order valence-electron chi connectivity index (χ1n) is 7.18. The first-order chi connectivity index (χ1) is 10.0. The molecule has 0 aliphatic heterocycles. The van der Waals surface area contributed by atoms with Crippen molar-refractivity contribution in [3.05, 3.63) is 21.9 Å². The molecule has 4 nitrogen and oxygen atoms in total. The molecular weight excluding hydrogens is 284 g/mol. The second-order valence-corrected chi connectivity index (χ2v) is 6.75. The number of aliphatic hydroxyl groups excluding tert-OH is 1. The van der Waals surface area contributed by atoms with Gasteiger partial charge in [-0.1, -0.05) is 11.1 Å². The number of thiophene rings is 1. The van der Waals surface area contributed by atoms with Gasteiger partial charge in [0.2, 0.25) is 0 Å². The van der Waals surface area contributed by atoms with Gasteiger partial charge in [-0.2, -0.15) is 0 Å². The Morgan fingerprint density at radius 2 is 2.38 bits per heavy atom. The van der Waals surface area contributed by atoms with Crippen LogP contribution in [0.3, 0.4) is 0 Å². The first kappa shape index (κ1) is 16.0. The van der Waals surface area contributed by atoms with E-state index in [0.29, 0.717) is 6.54 Å². The molecule has 5 heteroatoms. The Kier molecular flexibility index (Phi) is 5.40. The van der Waals surface area contributed by atoms with Gasteiger partial charge in [0.05, 0.1) is 11.3 Å². The Hall–Kier alpha value is -1.35. The van der Waals surface area contributed by atoms with E-state index in [2.05, 4.69) is 27.8 Å². The Morgan fingerprint density at radius 3 is 3.14 bits per heavy atom. The summed E-state index contributed by atoms with van der Waals surface area (Å²) in [6, 6.07) is 2.09. The van der Waals surface area contributed by atoms with Crippen LogP contribution in [0.5, 0.6) is 0 Å². The zero-order valence-corrected chi connectivity index (χ0v) is 13.4. The minimum Gasteiger partial charge on any atom is -0.393 e. The van der Waals surface area contributed by atoms with Crippen LogP contribution < -0.4 is 5.32 Å². The van der Waals surface area contributed by atoms with Crippen LogP contribution in [0.25, 0.3) is 0 Å². The number of aryl methyl sites for hydroxylation is 1. The first-order valence-corrected chi connectivity index (χ1v) is 8.06. The summed E-state index contributed by atoms with van der Waals surface area (Å²) in [6.07, 6.45) is 7.91. The molecule has 1 aromatic rings. The summed E-state index contributed by atoms with van der Waals surface area (Å²) in [6.45, 7) is 4.32. The smallest absolute Gasteiger partial charge is 0.144 e. The standard InChI is InChI=1S/C16H22N2O2S/c1-4-16(2,3)17-10-12(19)11-20-18-14-6-5-7-15-13(14)8-9-21-15/h1,8-9,12,17,19H,5-7,10-11H2,2-3H3/b18-14+. The zero-order valence-electron chi connectivity index (χ0n) is 12.6. The molecule has 2 N–H and O–H groups in total. The maximum absolute atomic E-state index is 9.87. The van der Waals surface area contributed by atoms with Crippen molar-refractivity contribution < 1.29 is 9.94 Å². The largest absolute Gasteiger partial charge is 0.393 e. The molecule has 0 radical (unpaired) electrons. The molecule has 1 aliphatic rings. The molecule has 0 saturated heterocycles. The highest BCUT2D eigenvalue weighted by atomic mass is 32.1. The molecule has 0 saturated carbocycles. The fourth-order valence-electron chi connectivity index (χ4n) is 2.12. The molecule has 21 heavy (non-hydrogen) atoms. The molecule has 0 bridgehead atoms. The summed E-state index contributed by atoms with van der Waals surface area (Å²) in [7, 11) is 0.